The van der Waals surface area contributed by atoms with Crippen molar-refractivity contribution in [2.24, 2.45) is 5.92 Å². The Hall–Kier alpha value is -0.530. The largest absolute Gasteiger partial charge is 0.379 e. The molecule has 1 saturated carbocycles. The fourth-order valence-electron chi connectivity index (χ4n) is 3.19. The van der Waals surface area contributed by atoms with E-state index in [-0.39, 0.29) is 5.60 Å². The van der Waals surface area contributed by atoms with Gasteiger partial charge in [0.25, 0.3) is 0 Å². The number of halogens is 1. The molecule has 0 spiro atoms. The molecule has 20 heavy (non-hydrogen) atoms. The third-order valence-electron chi connectivity index (χ3n) is 4.83. The highest BCUT2D eigenvalue weighted by atomic mass is 35.5. The van der Waals surface area contributed by atoms with Crippen LogP contribution in [0.25, 0.3) is 0 Å². The van der Waals surface area contributed by atoms with Gasteiger partial charge in [0.15, 0.2) is 0 Å². The van der Waals surface area contributed by atoms with Crippen LogP contribution in [-0.4, -0.2) is 18.1 Å². The van der Waals surface area contributed by atoms with E-state index in [1.165, 1.54) is 24.8 Å². The molecule has 0 N–H and O–H groups in total. The monoisotopic (exact) mass is 294 g/mol. The summed E-state index contributed by atoms with van der Waals surface area (Å²) < 4.78 is 5.53. The zero-order valence-electron chi connectivity index (χ0n) is 12.9. The topological polar surface area (TPSA) is 9.23 Å². The van der Waals surface area contributed by atoms with Crippen molar-refractivity contribution in [2.75, 3.05) is 7.11 Å². The molecule has 1 aromatic rings. The second-order valence-corrected chi connectivity index (χ2v) is 7.26. The lowest BCUT2D eigenvalue weighted by atomic mass is 9.75. The highest BCUT2D eigenvalue weighted by molar-refractivity contribution is 6.20. The van der Waals surface area contributed by atoms with E-state index in [1.807, 2.05) is 0 Å². The van der Waals surface area contributed by atoms with Crippen LogP contribution in [0.1, 0.15) is 57.4 Å². The van der Waals surface area contributed by atoms with E-state index in [4.69, 9.17) is 16.3 Å². The summed E-state index contributed by atoms with van der Waals surface area (Å²) in [5.74, 6) is 1.30. The number of ether oxygens (including phenoxy) is 1. The Bertz CT molecular complexity index is 401. The molecular formula is C18H27ClO. The van der Waals surface area contributed by atoms with E-state index in [0.29, 0.717) is 17.2 Å². The zero-order valence-corrected chi connectivity index (χ0v) is 13.7. The maximum absolute atomic E-state index is 6.57. The Balaban J connectivity index is 1.95. The smallest absolute Gasteiger partial charge is 0.0622 e. The molecule has 0 heterocycles. The van der Waals surface area contributed by atoms with Crippen LogP contribution in [0.5, 0.6) is 0 Å². The van der Waals surface area contributed by atoms with Crippen LogP contribution in [0.3, 0.4) is 0 Å². The average Bonchev–Trinajstić information content (AvgIpc) is 2.47. The van der Waals surface area contributed by atoms with Gasteiger partial charge in [0, 0.05) is 12.5 Å². The average molecular weight is 295 g/mol. The Morgan fingerprint density at radius 1 is 1.20 bits per heavy atom. The predicted octanol–water partition coefficient (Wildman–Crippen LogP) is 5.38. The Kier molecular flexibility index (Phi) is 5.51. The standard InChI is InChI=1S/C18H27ClO/c1-18(2,20-3)12-11-16-13-15(9-10-17(16)19)14-7-5-4-6-8-14/h4-8,15-17H,9-13H2,1-3H3. The summed E-state index contributed by atoms with van der Waals surface area (Å²) in [5.41, 5.74) is 1.45. The van der Waals surface area contributed by atoms with Gasteiger partial charge in [-0.2, -0.15) is 0 Å². The summed E-state index contributed by atoms with van der Waals surface area (Å²) in [6.45, 7) is 4.32. The molecule has 3 unspecified atom stereocenters. The molecule has 0 aliphatic heterocycles. The van der Waals surface area contributed by atoms with Crippen molar-refractivity contribution in [1.29, 1.82) is 0 Å². The summed E-state index contributed by atoms with van der Waals surface area (Å²) >= 11 is 6.57. The Labute approximate surface area is 128 Å². The minimum absolute atomic E-state index is 0.0314. The first-order chi connectivity index (χ1) is 9.52. The molecule has 3 atom stereocenters. The molecule has 0 bridgehead atoms. The van der Waals surface area contributed by atoms with Crippen LogP contribution in [-0.2, 0) is 4.74 Å². The second-order valence-electron chi connectivity index (χ2n) is 6.70. The predicted molar refractivity (Wildman–Crippen MR) is 86.5 cm³/mol. The first-order valence-electron chi connectivity index (χ1n) is 7.76. The van der Waals surface area contributed by atoms with Crippen LogP contribution >= 0.6 is 11.6 Å². The second kappa shape index (κ2) is 6.95. The minimum atomic E-state index is -0.0314. The molecule has 2 heteroatoms. The first kappa shape index (κ1) is 15.9. The van der Waals surface area contributed by atoms with Crippen LogP contribution in [0.2, 0.25) is 0 Å². The summed E-state index contributed by atoms with van der Waals surface area (Å²) in [5, 5.41) is 0.336. The van der Waals surface area contributed by atoms with Crippen molar-refractivity contribution < 1.29 is 4.74 Å². The maximum atomic E-state index is 6.57. The van der Waals surface area contributed by atoms with E-state index < -0.39 is 0 Å². The quantitative estimate of drug-likeness (QED) is 0.662. The van der Waals surface area contributed by atoms with Crippen LogP contribution in [0.15, 0.2) is 30.3 Å². The van der Waals surface area contributed by atoms with Crippen molar-refractivity contribution >= 4 is 11.6 Å². The maximum Gasteiger partial charge on any atom is 0.0622 e. The molecule has 1 aromatic carbocycles. The van der Waals surface area contributed by atoms with Crippen LogP contribution in [0.4, 0.5) is 0 Å². The SMILES string of the molecule is COC(C)(C)CCC1CC(c2ccccc2)CCC1Cl. The van der Waals surface area contributed by atoms with Gasteiger partial charge in [0.05, 0.1) is 5.60 Å². The number of methoxy groups -OCH3 is 1. The summed E-state index contributed by atoms with van der Waals surface area (Å²) in [4.78, 5) is 0. The summed E-state index contributed by atoms with van der Waals surface area (Å²) in [6, 6.07) is 10.9. The van der Waals surface area contributed by atoms with Crippen LogP contribution < -0.4 is 0 Å². The van der Waals surface area contributed by atoms with E-state index in [2.05, 4.69) is 44.2 Å². The van der Waals surface area contributed by atoms with Crippen molar-refractivity contribution in [1.82, 2.24) is 0 Å². The van der Waals surface area contributed by atoms with Crippen molar-refractivity contribution in [3.63, 3.8) is 0 Å². The fraction of sp³-hybridized carbons (Fsp3) is 0.667. The Morgan fingerprint density at radius 3 is 2.55 bits per heavy atom. The lowest BCUT2D eigenvalue weighted by Crippen LogP contribution is -2.29. The van der Waals surface area contributed by atoms with Gasteiger partial charge in [0.2, 0.25) is 0 Å². The summed E-state index contributed by atoms with van der Waals surface area (Å²) in [6.07, 6.45) is 5.83. The lowest BCUT2D eigenvalue weighted by molar-refractivity contribution is 0.00896. The van der Waals surface area contributed by atoms with Gasteiger partial charge >= 0.3 is 0 Å². The highest BCUT2D eigenvalue weighted by Crippen LogP contribution is 2.41. The Morgan fingerprint density at radius 2 is 1.90 bits per heavy atom. The minimum Gasteiger partial charge on any atom is -0.379 e. The molecule has 1 nitrogen and oxygen atoms in total. The molecule has 0 radical (unpaired) electrons. The molecule has 112 valence electrons. The van der Waals surface area contributed by atoms with E-state index in [0.717, 1.165) is 12.8 Å². The van der Waals surface area contributed by atoms with Crippen LogP contribution in [0, 0.1) is 5.92 Å². The molecule has 0 amide bonds. The zero-order chi connectivity index (χ0) is 14.6. The van der Waals surface area contributed by atoms with Crippen molar-refractivity contribution in [2.45, 2.75) is 62.8 Å². The highest BCUT2D eigenvalue weighted by Gasteiger charge is 2.31. The lowest BCUT2D eigenvalue weighted by Gasteiger charge is -2.35. The molecular weight excluding hydrogens is 268 g/mol. The molecule has 2 rings (SSSR count). The normalized spacial score (nSPS) is 27.5. The third-order valence-corrected chi connectivity index (χ3v) is 5.40. The van der Waals surface area contributed by atoms with Gasteiger partial charge in [-0.3, -0.25) is 0 Å². The van der Waals surface area contributed by atoms with E-state index in [1.54, 1.807) is 7.11 Å². The van der Waals surface area contributed by atoms with Gasteiger partial charge in [0.1, 0.15) is 0 Å². The van der Waals surface area contributed by atoms with Gasteiger partial charge in [-0.05, 0) is 63.4 Å². The van der Waals surface area contributed by atoms with E-state index in [9.17, 15) is 0 Å². The van der Waals surface area contributed by atoms with Crippen molar-refractivity contribution in [3.8, 4) is 0 Å². The number of hydrogen-bond donors (Lipinski definition) is 0. The van der Waals surface area contributed by atoms with Gasteiger partial charge in [-0.15, -0.1) is 11.6 Å². The number of hydrogen-bond acceptors (Lipinski definition) is 1. The molecule has 0 saturated heterocycles. The molecule has 1 aliphatic rings. The number of benzene rings is 1. The third kappa shape index (κ3) is 4.23. The van der Waals surface area contributed by atoms with Gasteiger partial charge in [-0.25, -0.2) is 0 Å². The first-order valence-corrected chi connectivity index (χ1v) is 8.19. The van der Waals surface area contributed by atoms with Gasteiger partial charge < -0.3 is 4.74 Å². The van der Waals surface area contributed by atoms with Gasteiger partial charge in [-0.1, -0.05) is 30.3 Å². The summed E-state index contributed by atoms with van der Waals surface area (Å²) in [7, 11) is 1.80. The van der Waals surface area contributed by atoms with E-state index >= 15 is 0 Å². The van der Waals surface area contributed by atoms with Crippen molar-refractivity contribution in [3.05, 3.63) is 35.9 Å². The molecule has 1 fully saturated rings. The molecule has 1 aliphatic carbocycles. The fourth-order valence-corrected chi connectivity index (χ4v) is 3.54. The number of rotatable bonds is 5. The number of alkyl halides is 1. The molecule has 0 aromatic heterocycles.